The van der Waals surface area contributed by atoms with Gasteiger partial charge in [0, 0.05) is 45.0 Å². The van der Waals surface area contributed by atoms with Crippen LogP contribution in [0.3, 0.4) is 0 Å². The Morgan fingerprint density at radius 2 is 2.45 bits per heavy atom. The number of carbonyl (C=O) groups excluding carboxylic acids is 1. The molecule has 0 bridgehead atoms. The van der Waals surface area contributed by atoms with Crippen molar-refractivity contribution >= 4 is 5.91 Å². The van der Waals surface area contributed by atoms with E-state index in [9.17, 15) is 4.79 Å². The predicted octanol–water partition coefficient (Wildman–Crippen LogP) is -0.108. The van der Waals surface area contributed by atoms with E-state index >= 15 is 0 Å². The number of likely N-dealkylation sites (N-methyl/N-ethyl adjacent to an activating group) is 1. The van der Waals surface area contributed by atoms with Gasteiger partial charge >= 0.3 is 0 Å². The highest BCUT2D eigenvalue weighted by Crippen LogP contribution is 2.18. The largest absolute Gasteiger partial charge is 0.366 e. The summed E-state index contributed by atoms with van der Waals surface area (Å²) in [5, 5.41) is 3.04. The summed E-state index contributed by atoms with van der Waals surface area (Å²) in [6, 6.07) is 0. The van der Waals surface area contributed by atoms with Gasteiger partial charge in [-0.2, -0.15) is 0 Å². The zero-order valence-electron chi connectivity index (χ0n) is 11.9. The van der Waals surface area contributed by atoms with Crippen LogP contribution in [0, 0.1) is 5.92 Å². The highest BCUT2D eigenvalue weighted by atomic mass is 16.5. The zero-order valence-corrected chi connectivity index (χ0v) is 11.9. The Hall–Kier alpha value is -1.40. The van der Waals surface area contributed by atoms with Crippen LogP contribution < -0.4 is 5.32 Å². The fraction of sp³-hybridized carbons (Fsp3) is 0.714. The Morgan fingerprint density at radius 1 is 1.55 bits per heavy atom. The minimum absolute atomic E-state index is 0.0189. The summed E-state index contributed by atoms with van der Waals surface area (Å²) in [7, 11) is 2.02. The van der Waals surface area contributed by atoms with Gasteiger partial charge in [0.15, 0.2) is 0 Å². The van der Waals surface area contributed by atoms with Crippen molar-refractivity contribution in [3.8, 4) is 0 Å². The van der Waals surface area contributed by atoms with Crippen molar-refractivity contribution in [1.82, 2.24) is 19.8 Å². The summed E-state index contributed by atoms with van der Waals surface area (Å²) in [4.78, 5) is 18.6. The number of aromatic nitrogens is 2. The number of ether oxygens (including phenoxy) is 1. The third-order valence-electron chi connectivity index (χ3n) is 4.18. The number of hydrogen-bond donors (Lipinski definition) is 1. The second-order valence-electron chi connectivity index (χ2n) is 5.76. The molecule has 3 rings (SSSR count). The van der Waals surface area contributed by atoms with Crippen LogP contribution in [0.1, 0.15) is 12.2 Å². The number of nitrogens with one attached hydrogen (secondary N) is 1. The molecule has 6 nitrogen and oxygen atoms in total. The molecule has 1 amide bonds. The molecule has 0 unspecified atom stereocenters. The molecular formula is C14H22N4O2. The van der Waals surface area contributed by atoms with E-state index in [1.54, 1.807) is 0 Å². The van der Waals surface area contributed by atoms with E-state index < -0.39 is 0 Å². The number of morpholine rings is 1. The van der Waals surface area contributed by atoms with Crippen LogP contribution in [0.15, 0.2) is 12.4 Å². The van der Waals surface area contributed by atoms with E-state index in [1.165, 1.54) is 0 Å². The molecule has 6 heteroatoms. The van der Waals surface area contributed by atoms with E-state index in [2.05, 4.69) is 19.8 Å². The summed E-state index contributed by atoms with van der Waals surface area (Å²) >= 11 is 0. The standard InChI is InChI=1S/C14H22N4O2/c1-17-6-7-20-12(10-17)14(19)16-9-11-2-4-18-5-3-15-13(18)8-11/h3,5,11-12H,2,4,6-10H2,1H3,(H,16,19)/t11-,12-/m1/s1. The van der Waals surface area contributed by atoms with Gasteiger partial charge in [0.05, 0.1) is 6.61 Å². The number of fused-ring (bicyclic) bond motifs is 1. The molecule has 0 radical (unpaired) electrons. The predicted molar refractivity (Wildman–Crippen MR) is 74.3 cm³/mol. The van der Waals surface area contributed by atoms with E-state index in [0.717, 1.165) is 38.3 Å². The van der Waals surface area contributed by atoms with Crippen LogP contribution in [0.4, 0.5) is 0 Å². The Kier molecular flexibility index (Phi) is 4.03. The lowest BCUT2D eigenvalue weighted by Gasteiger charge is -2.30. The highest BCUT2D eigenvalue weighted by Gasteiger charge is 2.26. The first-order chi connectivity index (χ1) is 9.72. The van der Waals surface area contributed by atoms with E-state index in [0.29, 0.717) is 19.1 Å². The second kappa shape index (κ2) is 5.93. The molecular weight excluding hydrogens is 256 g/mol. The summed E-state index contributed by atoms with van der Waals surface area (Å²) in [5.74, 6) is 1.63. The molecule has 1 N–H and O–H groups in total. The van der Waals surface area contributed by atoms with Crippen molar-refractivity contribution < 1.29 is 9.53 Å². The van der Waals surface area contributed by atoms with Gasteiger partial charge in [0.25, 0.3) is 0 Å². The first kappa shape index (κ1) is 13.6. The third-order valence-corrected chi connectivity index (χ3v) is 4.18. The first-order valence-corrected chi connectivity index (χ1v) is 7.30. The average molecular weight is 278 g/mol. The number of hydrogen-bond acceptors (Lipinski definition) is 4. The van der Waals surface area contributed by atoms with Crippen molar-refractivity contribution in [2.45, 2.75) is 25.5 Å². The molecule has 20 heavy (non-hydrogen) atoms. The quantitative estimate of drug-likeness (QED) is 0.838. The first-order valence-electron chi connectivity index (χ1n) is 7.30. The normalized spacial score (nSPS) is 27.1. The summed E-state index contributed by atoms with van der Waals surface area (Å²) in [6.07, 6.45) is 5.59. The number of imidazole rings is 1. The monoisotopic (exact) mass is 278 g/mol. The Bertz CT molecular complexity index is 473. The maximum Gasteiger partial charge on any atom is 0.250 e. The molecule has 1 saturated heterocycles. The summed E-state index contributed by atoms with van der Waals surface area (Å²) in [6.45, 7) is 3.93. The van der Waals surface area contributed by atoms with E-state index in [-0.39, 0.29) is 12.0 Å². The van der Waals surface area contributed by atoms with Gasteiger partial charge in [-0.15, -0.1) is 0 Å². The molecule has 2 atom stereocenters. The fourth-order valence-electron chi connectivity index (χ4n) is 2.88. The van der Waals surface area contributed by atoms with Gasteiger partial charge in [-0.25, -0.2) is 4.98 Å². The van der Waals surface area contributed by atoms with Gasteiger partial charge < -0.3 is 19.5 Å². The van der Waals surface area contributed by atoms with Crippen LogP contribution >= 0.6 is 0 Å². The van der Waals surface area contributed by atoms with Crippen LogP contribution in [0.2, 0.25) is 0 Å². The SMILES string of the molecule is CN1CCO[C@@H](C(=O)NC[C@@H]2CCn3ccnc3C2)C1. The third kappa shape index (κ3) is 3.02. The van der Waals surface area contributed by atoms with Crippen molar-refractivity contribution in [2.75, 3.05) is 33.3 Å². The molecule has 1 fully saturated rings. The number of carbonyl (C=O) groups is 1. The van der Waals surface area contributed by atoms with E-state index in [1.807, 2.05) is 19.4 Å². The Labute approximate surface area is 119 Å². The van der Waals surface area contributed by atoms with Crippen molar-refractivity contribution in [1.29, 1.82) is 0 Å². The van der Waals surface area contributed by atoms with Crippen LogP contribution in [0.5, 0.6) is 0 Å². The Morgan fingerprint density at radius 3 is 3.30 bits per heavy atom. The minimum atomic E-state index is -0.320. The topological polar surface area (TPSA) is 59.4 Å². The van der Waals surface area contributed by atoms with Crippen LogP contribution in [-0.4, -0.2) is 59.8 Å². The highest BCUT2D eigenvalue weighted by molar-refractivity contribution is 5.81. The molecule has 1 aromatic rings. The number of nitrogens with zero attached hydrogens (tertiary/aromatic N) is 3. The van der Waals surface area contributed by atoms with Crippen molar-refractivity contribution in [2.24, 2.45) is 5.92 Å². The number of rotatable bonds is 3. The molecule has 1 aromatic heterocycles. The molecule has 0 aromatic carbocycles. The van der Waals surface area contributed by atoms with Gasteiger partial charge in [0.2, 0.25) is 5.91 Å². The Balaban J connectivity index is 1.47. The molecule has 110 valence electrons. The van der Waals surface area contributed by atoms with Crippen LogP contribution in [0.25, 0.3) is 0 Å². The van der Waals surface area contributed by atoms with Gasteiger partial charge in [-0.05, 0) is 19.4 Å². The molecule has 2 aliphatic heterocycles. The maximum absolute atomic E-state index is 12.1. The lowest BCUT2D eigenvalue weighted by Crippen LogP contribution is -2.49. The summed E-state index contributed by atoms with van der Waals surface area (Å²) < 4.78 is 7.72. The molecule has 2 aliphatic rings. The second-order valence-corrected chi connectivity index (χ2v) is 5.76. The van der Waals surface area contributed by atoms with E-state index in [4.69, 9.17) is 4.74 Å². The van der Waals surface area contributed by atoms with Gasteiger partial charge in [0.1, 0.15) is 11.9 Å². The lowest BCUT2D eigenvalue weighted by molar-refractivity contribution is -0.138. The molecule has 0 saturated carbocycles. The molecule has 0 spiro atoms. The van der Waals surface area contributed by atoms with Crippen LogP contribution in [-0.2, 0) is 22.5 Å². The van der Waals surface area contributed by atoms with Gasteiger partial charge in [-0.3, -0.25) is 4.79 Å². The van der Waals surface area contributed by atoms with Crippen molar-refractivity contribution in [3.05, 3.63) is 18.2 Å². The minimum Gasteiger partial charge on any atom is -0.366 e. The molecule has 0 aliphatic carbocycles. The lowest BCUT2D eigenvalue weighted by atomic mass is 9.98. The number of amides is 1. The smallest absolute Gasteiger partial charge is 0.250 e. The van der Waals surface area contributed by atoms with Crippen molar-refractivity contribution in [3.63, 3.8) is 0 Å². The summed E-state index contributed by atoms with van der Waals surface area (Å²) in [5.41, 5.74) is 0. The zero-order chi connectivity index (χ0) is 13.9. The molecule has 3 heterocycles. The fourth-order valence-corrected chi connectivity index (χ4v) is 2.88. The number of aryl methyl sites for hydroxylation is 1. The van der Waals surface area contributed by atoms with Gasteiger partial charge in [-0.1, -0.05) is 0 Å². The average Bonchev–Trinajstić information content (AvgIpc) is 2.92. The maximum atomic E-state index is 12.1.